The Balaban J connectivity index is 1.81. The van der Waals surface area contributed by atoms with Crippen LogP contribution in [0, 0.1) is 0 Å². The summed E-state index contributed by atoms with van der Waals surface area (Å²) < 4.78 is 16.2. The van der Waals surface area contributed by atoms with Crippen molar-refractivity contribution >= 4 is 23.0 Å². The van der Waals surface area contributed by atoms with Crippen molar-refractivity contribution in [1.29, 1.82) is 0 Å². The molecule has 1 atom stereocenters. The zero-order valence-electron chi connectivity index (χ0n) is 15.5. The smallest absolute Gasteiger partial charge is 0.173 e. The topological polar surface area (TPSA) is 43.0 Å². The van der Waals surface area contributed by atoms with E-state index in [1.54, 1.807) is 21.3 Å². The molecule has 26 heavy (non-hydrogen) atoms. The lowest BCUT2D eigenvalue weighted by Gasteiger charge is -2.37. The molecule has 1 heterocycles. The Labute approximate surface area is 159 Å². The van der Waals surface area contributed by atoms with Crippen molar-refractivity contribution < 1.29 is 14.2 Å². The summed E-state index contributed by atoms with van der Waals surface area (Å²) in [6, 6.07) is 12.0. The molecular formula is C20H24N2O3S. The molecule has 5 nitrogen and oxygen atoms in total. The number of thiocarbonyl (C=S) groups is 1. The SMILES string of the molecule is COc1cccc(NC(=S)N2CCc3cc(OC)c(OC)cc3[C@@H]2C)c1. The van der Waals surface area contributed by atoms with E-state index in [0.717, 1.165) is 35.9 Å². The summed E-state index contributed by atoms with van der Waals surface area (Å²) in [5.74, 6) is 2.31. The van der Waals surface area contributed by atoms with E-state index >= 15 is 0 Å². The Morgan fingerprint density at radius 3 is 2.50 bits per heavy atom. The maximum Gasteiger partial charge on any atom is 0.173 e. The van der Waals surface area contributed by atoms with Crippen molar-refractivity contribution in [2.24, 2.45) is 0 Å². The minimum absolute atomic E-state index is 0.143. The predicted octanol–water partition coefficient (Wildman–Crippen LogP) is 4.03. The molecule has 3 rings (SSSR count). The largest absolute Gasteiger partial charge is 0.497 e. The lowest BCUT2D eigenvalue weighted by Crippen LogP contribution is -2.41. The van der Waals surface area contributed by atoms with Crippen LogP contribution in [0.1, 0.15) is 24.1 Å². The molecule has 0 amide bonds. The Kier molecular flexibility index (Phi) is 5.52. The van der Waals surface area contributed by atoms with Gasteiger partial charge in [-0.3, -0.25) is 0 Å². The van der Waals surface area contributed by atoms with Gasteiger partial charge in [0.05, 0.1) is 27.4 Å². The van der Waals surface area contributed by atoms with Crippen LogP contribution in [0.25, 0.3) is 0 Å². The van der Waals surface area contributed by atoms with Crippen molar-refractivity contribution in [2.45, 2.75) is 19.4 Å². The molecule has 0 aliphatic carbocycles. The van der Waals surface area contributed by atoms with E-state index in [9.17, 15) is 0 Å². The number of nitrogens with zero attached hydrogens (tertiary/aromatic N) is 1. The third-order valence-corrected chi connectivity index (χ3v) is 5.10. The number of benzene rings is 2. The fourth-order valence-corrected chi connectivity index (χ4v) is 3.69. The van der Waals surface area contributed by atoms with Gasteiger partial charge in [-0.05, 0) is 61.0 Å². The molecule has 0 saturated heterocycles. The number of hydrogen-bond donors (Lipinski definition) is 1. The molecule has 2 aromatic carbocycles. The highest BCUT2D eigenvalue weighted by atomic mass is 32.1. The van der Waals surface area contributed by atoms with Crippen LogP contribution >= 0.6 is 12.2 Å². The number of nitrogens with one attached hydrogen (secondary N) is 1. The summed E-state index contributed by atoms with van der Waals surface area (Å²) in [5.41, 5.74) is 3.40. The summed E-state index contributed by atoms with van der Waals surface area (Å²) >= 11 is 5.67. The van der Waals surface area contributed by atoms with E-state index in [0.29, 0.717) is 5.11 Å². The van der Waals surface area contributed by atoms with Crippen LogP contribution in [0.5, 0.6) is 17.2 Å². The fraction of sp³-hybridized carbons (Fsp3) is 0.350. The van der Waals surface area contributed by atoms with Crippen molar-refractivity contribution in [3.8, 4) is 17.2 Å². The first-order chi connectivity index (χ1) is 12.6. The Bertz CT molecular complexity index is 810. The van der Waals surface area contributed by atoms with Crippen molar-refractivity contribution in [3.05, 3.63) is 47.5 Å². The van der Waals surface area contributed by atoms with Gasteiger partial charge in [-0.25, -0.2) is 0 Å². The second kappa shape index (κ2) is 7.83. The molecule has 1 aliphatic heterocycles. The van der Waals surface area contributed by atoms with Gasteiger partial charge in [-0.1, -0.05) is 6.07 Å². The molecular weight excluding hydrogens is 348 g/mol. The van der Waals surface area contributed by atoms with Crippen molar-refractivity contribution in [2.75, 3.05) is 33.2 Å². The second-order valence-corrected chi connectivity index (χ2v) is 6.57. The van der Waals surface area contributed by atoms with Gasteiger partial charge in [0.15, 0.2) is 16.6 Å². The third-order valence-electron chi connectivity index (χ3n) is 4.77. The first-order valence-electron chi connectivity index (χ1n) is 8.53. The van der Waals surface area contributed by atoms with Gasteiger partial charge in [-0.2, -0.15) is 0 Å². The Hall–Kier alpha value is -2.47. The van der Waals surface area contributed by atoms with Crippen LogP contribution in [0.4, 0.5) is 5.69 Å². The number of hydrogen-bond acceptors (Lipinski definition) is 4. The first-order valence-corrected chi connectivity index (χ1v) is 8.94. The molecule has 6 heteroatoms. The van der Waals surface area contributed by atoms with Gasteiger partial charge in [0.2, 0.25) is 0 Å². The first kappa shape index (κ1) is 18.3. The molecule has 0 aromatic heterocycles. The molecule has 0 fully saturated rings. The highest BCUT2D eigenvalue weighted by Gasteiger charge is 2.27. The van der Waals surface area contributed by atoms with Gasteiger partial charge >= 0.3 is 0 Å². The van der Waals surface area contributed by atoms with Crippen LogP contribution in [-0.2, 0) is 6.42 Å². The summed E-state index contributed by atoms with van der Waals surface area (Å²) in [6.07, 6.45) is 0.903. The van der Waals surface area contributed by atoms with E-state index in [1.165, 1.54) is 11.1 Å². The third kappa shape index (κ3) is 3.55. The van der Waals surface area contributed by atoms with Crippen LogP contribution in [0.15, 0.2) is 36.4 Å². The highest BCUT2D eigenvalue weighted by Crippen LogP contribution is 2.38. The van der Waals surface area contributed by atoms with Crippen LogP contribution < -0.4 is 19.5 Å². The van der Waals surface area contributed by atoms with Crippen molar-refractivity contribution in [1.82, 2.24) is 4.90 Å². The minimum Gasteiger partial charge on any atom is -0.497 e. The lowest BCUT2D eigenvalue weighted by atomic mass is 9.93. The number of fused-ring (bicyclic) bond motifs is 1. The lowest BCUT2D eigenvalue weighted by molar-refractivity contribution is 0.316. The molecule has 138 valence electrons. The van der Waals surface area contributed by atoms with Gasteiger partial charge in [-0.15, -0.1) is 0 Å². The average Bonchev–Trinajstić information content (AvgIpc) is 2.67. The monoisotopic (exact) mass is 372 g/mol. The average molecular weight is 372 g/mol. The van der Waals surface area contributed by atoms with Gasteiger partial charge < -0.3 is 24.4 Å². The number of methoxy groups -OCH3 is 3. The number of anilines is 1. The molecule has 0 saturated carbocycles. The van der Waals surface area contributed by atoms with Crippen molar-refractivity contribution in [3.63, 3.8) is 0 Å². The summed E-state index contributed by atoms with van der Waals surface area (Å²) in [6.45, 7) is 3.00. The zero-order chi connectivity index (χ0) is 18.7. The fourth-order valence-electron chi connectivity index (χ4n) is 3.32. The summed E-state index contributed by atoms with van der Waals surface area (Å²) in [7, 11) is 4.98. The van der Waals surface area contributed by atoms with Crippen LogP contribution in [-0.4, -0.2) is 37.9 Å². The van der Waals surface area contributed by atoms with E-state index in [-0.39, 0.29) is 6.04 Å². The summed E-state index contributed by atoms with van der Waals surface area (Å²) in [4.78, 5) is 2.20. The molecule has 0 bridgehead atoms. The van der Waals surface area contributed by atoms with Gasteiger partial charge in [0.25, 0.3) is 0 Å². The molecule has 2 aromatic rings. The molecule has 0 unspecified atom stereocenters. The standard InChI is InChI=1S/C20H24N2O3S/c1-13-17-12-19(25-4)18(24-3)10-14(17)8-9-22(13)20(26)21-15-6-5-7-16(11-15)23-2/h5-7,10-13H,8-9H2,1-4H3,(H,21,26)/t13-/m0/s1. The van der Waals surface area contributed by atoms with E-state index in [1.807, 2.05) is 24.3 Å². The second-order valence-electron chi connectivity index (χ2n) is 6.19. The van der Waals surface area contributed by atoms with E-state index in [2.05, 4.69) is 29.3 Å². The van der Waals surface area contributed by atoms with Crippen LogP contribution in [0.3, 0.4) is 0 Å². The molecule has 1 aliphatic rings. The Morgan fingerprint density at radius 1 is 1.08 bits per heavy atom. The normalized spacial score (nSPS) is 15.8. The summed E-state index contributed by atoms with van der Waals surface area (Å²) in [5, 5.41) is 4.02. The highest BCUT2D eigenvalue weighted by molar-refractivity contribution is 7.80. The molecule has 1 N–H and O–H groups in total. The number of ether oxygens (including phenoxy) is 3. The maximum atomic E-state index is 5.67. The number of rotatable bonds is 4. The van der Waals surface area contributed by atoms with E-state index < -0.39 is 0 Å². The molecule has 0 radical (unpaired) electrons. The van der Waals surface area contributed by atoms with E-state index in [4.69, 9.17) is 26.4 Å². The van der Waals surface area contributed by atoms with Gasteiger partial charge in [0, 0.05) is 18.3 Å². The van der Waals surface area contributed by atoms with Gasteiger partial charge in [0.1, 0.15) is 5.75 Å². The Morgan fingerprint density at radius 2 is 1.81 bits per heavy atom. The minimum atomic E-state index is 0.143. The quantitative estimate of drug-likeness (QED) is 0.818. The molecule has 0 spiro atoms. The maximum absolute atomic E-state index is 5.67. The van der Waals surface area contributed by atoms with Crippen LogP contribution in [0.2, 0.25) is 0 Å². The predicted molar refractivity (Wildman–Crippen MR) is 108 cm³/mol. The zero-order valence-corrected chi connectivity index (χ0v) is 16.4.